The molecule has 1 aromatic heterocycles. The lowest BCUT2D eigenvalue weighted by Gasteiger charge is -2.22. The zero-order chi connectivity index (χ0) is 12.8. The van der Waals surface area contributed by atoms with Crippen LogP contribution in [0, 0.1) is 0 Å². The van der Waals surface area contributed by atoms with Crippen LogP contribution < -0.4 is 5.32 Å². The molecule has 1 N–H and O–H groups in total. The highest BCUT2D eigenvalue weighted by atomic mass is 32.1. The van der Waals surface area contributed by atoms with Crippen LogP contribution in [0.3, 0.4) is 0 Å². The second-order valence-electron chi connectivity index (χ2n) is 4.62. The quantitative estimate of drug-likeness (QED) is 0.825. The summed E-state index contributed by atoms with van der Waals surface area (Å²) >= 11 is 1.75. The molecule has 5 heteroatoms. The second-order valence-corrected chi connectivity index (χ2v) is 5.74. The number of aromatic nitrogens is 1. The Hall–Kier alpha value is -0.650. The van der Waals surface area contributed by atoms with Gasteiger partial charge < -0.3 is 10.1 Å². The first-order valence-corrected chi connectivity index (χ1v) is 7.66. The zero-order valence-corrected chi connectivity index (χ0v) is 12.1. The van der Waals surface area contributed by atoms with Crippen molar-refractivity contribution in [3.8, 4) is 0 Å². The van der Waals surface area contributed by atoms with Gasteiger partial charge in [0.05, 0.1) is 6.10 Å². The maximum atomic E-state index is 5.70. The van der Waals surface area contributed by atoms with Crippen LogP contribution in [-0.2, 0) is 11.3 Å². The van der Waals surface area contributed by atoms with Crippen LogP contribution >= 0.6 is 11.3 Å². The molecule has 0 aliphatic carbocycles. The van der Waals surface area contributed by atoms with Gasteiger partial charge in [0, 0.05) is 37.3 Å². The average molecular weight is 269 g/mol. The van der Waals surface area contributed by atoms with Gasteiger partial charge in [0.1, 0.15) is 0 Å². The van der Waals surface area contributed by atoms with E-state index in [-0.39, 0.29) is 0 Å². The predicted molar refractivity (Wildman–Crippen MR) is 76.2 cm³/mol. The molecule has 0 radical (unpaired) electrons. The molecule has 0 bridgehead atoms. The molecule has 4 nitrogen and oxygen atoms in total. The Morgan fingerprint density at radius 3 is 3.11 bits per heavy atom. The Morgan fingerprint density at radius 1 is 1.56 bits per heavy atom. The third-order valence-corrected chi connectivity index (χ3v) is 4.13. The number of ether oxygens (including phenoxy) is 1. The van der Waals surface area contributed by atoms with Crippen molar-refractivity contribution >= 4 is 16.5 Å². The van der Waals surface area contributed by atoms with Crippen LogP contribution in [0.2, 0.25) is 0 Å². The van der Waals surface area contributed by atoms with E-state index in [2.05, 4.69) is 29.0 Å². The van der Waals surface area contributed by atoms with Crippen LogP contribution in [0.1, 0.15) is 31.6 Å². The van der Waals surface area contributed by atoms with Gasteiger partial charge in [-0.3, -0.25) is 4.90 Å². The van der Waals surface area contributed by atoms with Crippen molar-refractivity contribution in [1.29, 1.82) is 0 Å². The van der Waals surface area contributed by atoms with E-state index in [1.165, 1.54) is 17.7 Å². The van der Waals surface area contributed by atoms with Crippen molar-refractivity contribution in [2.45, 2.75) is 39.3 Å². The number of thiazole rings is 1. The van der Waals surface area contributed by atoms with Gasteiger partial charge in [-0.1, -0.05) is 6.92 Å². The van der Waals surface area contributed by atoms with Crippen LogP contribution in [0.5, 0.6) is 0 Å². The Morgan fingerprint density at radius 2 is 2.44 bits per heavy atom. The SMILES string of the molecule is CCNc1ncc(CN(CC)CC2CCCO2)s1. The third kappa shape index (κ3) is 3.93. The minimum atomic E-state index is 0.436. The van der Waals surface area contributed by atoms with E-state index in [1.807, 2.05) is 6.20 Å². The average Bonchev–Trinajstić information content (AvgIpc) is 3.01. The van der Waals surface area contributed by atoms with E-state index in [1.54, 1.807) is 11.3 Å². The standard InChI is InChI=1S/C13H23N3OS/c1-3-14-13-15-8-12(18-13)10-16(4-2)9-11-6-5-7-17-11/h8,11H,3-7,9-10H2,1-2H3,(H,14,15). The van der Waals surface area contributed by atoms with E-state index >= 15 is 0 Å². The minimum absolute atomic E-state index is 0.436. The number of hydrogen-bond donors (Lipinski definition) is 1. The molecule has 1 unspecified atom stereocenters. The molecular weight excluding hydrogens is 246 g/mol. The van der Waals surface area contributed by atoms with E-state index in [0.717, 1.165) is 37.9 Å². The lowest BCUT2D eigenvalue weighted by atomic mass is 10.2. The molecule has 0 amide bonds. The van der Waals surface area contributed by atoms with Crippen LogP contribution in [-0.4, -0.2) is 42.2 Å². The Kier molecular flexibility index (Phi) is 5.41. The lowest BCUT2D eigenvalue weighted by molar-refractivity contribution is 0.0728. The van der Waals surface area contributed by atoms with Crippen LogP contribution in [0.4, 0.5) is 5.13 Å². The molecule has 1 aliphatic rings. The summed E-state index contributed by atoms with van der Waals surface area (Å²) in [6, 6.07) is 0. The number of likely N-dealkylation sites (N-methyl/N-ethyl adjacent to an activating group) is 1. The van der Waals surface area contributed by atoms with Crippen LogP contribution in [0.25, 0.3) is 0 Å². The first-order valence-electron chi connectivity index (χ1n) is 6.84. The molecule has 1 aromatic rings. The van der Waals surface area contributed by atoms with Gasteiger partial charge in [-0.2, -0.15) is 0 Å². The number of hydrogen-bond acceptors (Lipinski definition) is 5. The van der Waals surface area contributed by atoms with Gasteiger partial charge >= 0.3 is 0 Å². The minimum Gasteiger partial charge on any atom is -0.377 e. The summed E-state index contributed by atoms with van der Waals surface area (Å²) in [6.45, 7) is 9.27. The van der Waals surface area contributed by atoms with Gasteiger partial charge in [0.25, 0.3) is 0 Å². The topological polar surface area (TPSA) is 37.4 Å². The van der Waals surface area contributed by atoms with Gasteiger partial charge in [-0.25, -0.2) is 4.98 Å². The number of anilines is 1. The highest BCUT2D eigenvalue weighted by Gasteiger charge is 2.18. The molecule has 18 heavy (non-hydrogen) atoms. The van der Waals surface area contributed by atoms with Crippen molar-refractivity contribution in [3.63, 3.8) is 0 Å². The van der Waals surface area contributed by atoms with E-state index < -0.39 is 0 Å². The first kappa shape index (κ1) is 13.8. The predicted octanol–water partition coefficient (Wildman–Crippen LogP) is 2.58. The molecule has 0 spiro atoms. The highest BCUT2D eigenvalue weighted by molar-refractivity contribution is 7.15. The third-order valence-electron chi connectivity index (χ3n) is 3.19. The monoisotopic (exact) mass is 269 g/mol. The molecule has 2 rings (SSSR count). The van der Waals surface area contributed by atoms with E-state index in [9.17, 15) is 0 Å². The maximum absolute atomic E-state index is 5.70. The summed E-state index contributed by atoms with van der Waals surface area (Å²) in [6.07, 6.45) is 4.85. The Balaban J connectivity index is 1.83. The Labute approximate surface area is 113 Å². The largest absolute Gasteiger partial charge is 0.377 e. The fourth-order valence-electron chi connectivity index (χ4n) is 2.22. The normalized spacial score (nSPS) is 19.6. The molecule has 0 saturated carbocycles. The number of nitrogens with one attached hydrogen (secondary N) is 1. The summed E-state index contributed by atoms with van der Waals surface area (Å²) in [7, 11) is 0. The van der Waals surface area contributed by atoms with E-state index in [0.29, 0.717) is 6.10 Å². The number of rotatable bonds is 7. The highest BCUT2D eigenvalue weighted by Crippen LogP contribution is 2.20. The Bertz CT molecular complexity index is 350. The van der Waals surface area contributed by atoms with E-state index in [4.69, 9.17) is 4.74 Å². The van der Waals surface area contributed by atoms with Gasteiger partial charge in [-0.05, 0) is 26.3 Å². The van der Waals surface area contributed by atoms with Gasteiger partial charge in [-0.15, -0.1) is 11.3 Å². The summed E-state index contributed by atoms with van der Waals surface area (Å²) in [4.78, 5) is 8.14. The summed E-state index contributed by atoms with van der Waals surface area (Å²) in [5.74, 6) is 0. The summed E-state index contributed by atoms with van der Waals surface area (Å²) < 4.78 is 5.70. The molecule has 1 fully saturated rings. The maximum Gasteiger partial charge on any atom is 0.182 e. The smallest absolute Gasteiger partial charge is 0.182 e. The summed E-state index contributed by atoms with van der Waals surface area (Å²) in [5.41, 5.74) is 0. The zero-order valence-electron chi connectivity index (χ0n) is 11.3. The fourth-order valence-corrected chi connectivity index (χ4v) is 3.14. The van der Waals surface area contributed by atoms with Crippen molar-refractivity contribution in [2.24, 2.45) is 0 Å². The molecule has 102 valence electrons. The molecule has 1 saturated heterocycles. The van der Waals surface area contributed by atoms with Gasteiger partial charge in [0.2, 0.25) is 0 Å². The van der Waals surface area contributed by atoms with Gasteiger partial charge in [0.15, 0.2) is 5.13 Å². The molecule has 1 atom stereocenters. The molecule has 0 aromatic carbocycles. The molecule has 1 aliphatic heterocycles. The number of nitrogens with zero attached hydrogens (tertiary/aromatic N) is 2. The van der Waals surface area contributed by atoms with Crippen molar-refractivity contribution < 1.29 is 4.74 Å². The summed E-state index contributed by atoms with van der Waals surface area (Å²) in [5, 5.41) is 4.28. The van der Waals surface area contributed by atoms with Crippen molar-refractivity contribution in [3.05, 3.63) is 11.1 Å². The van der Waals surface area contributed by atoms with Crippen LogP contribution in [0.15, 0.2) is 6.20 Å². The molecule has 2 heterocycles. The second kappa shape index (κ2) is 7.07. The van der Waals surface area contributed by atoms with Crippen molar-refractivity contribution in [1.82, 2.24) is 9.88 Å². The van der Waals surface area contributed by atoms with Crippen molar-refractivity contribution in [2.75, 3.05) is 31.6 Å². The lowest BCUT2D eigenvalue weighted by Crippen LogP contribution is -2.31. The first-order chi connectivity index (χ1) is 8.81. The fraction of sp³-hybridized carbons (Fsp3) is 0.769. The molecular formula is C13H23N3OS.